The third kappa shape index (κ3) is 2.48. The van der Waals surface area contributed by atoms with Crippen LogP contribution in [-0.4, -0.2) is 53.4 Å². The van der Waals surface area contributed by atoms with Crippen LogP contribution in [0.1, 0.15) is 13.3 Å². The predicted molar refractivity (Wildman–Crippen MR) is 99.0 cm³/mol. The second-order valence-corrected chi connectivity index (χ2v) is 5.60. The molecule has 3 nitrogen and oxygen atoms in total. The summed E-state index contributed by atoms with van der Waals surface area (Å²) in [5.41, 5.74) is 7.44. The summed E-state index contributed by atoms with van der Waals surface area (Å²) in [5, 5.41) is 0. The van der Waals surface area contributed by atoms with E-state index in [-0.39, 0.29) is 0 Å². The maximum atomic E-state index is 5.85. The molecule has 0 spiro atoms. The maximum absolute atomic E-state index is 5.85. The van der Waals surface area contributed by atoms with Crippen molar-refractivity contribution in [1.29, 1.82) is 0 Å². The van der Waals surface area contributed by atoms with Crippen LogP contribution >= 0.6 is 11.6 Å². The van der Waals surface area contributed by atoms with Gasteiger partial charge in [-0.3, -0.25) is 4.57 Å². The van der Waals surface area contributed by atoms with Crippen molar-refractivity contribution in [3.8, 4) is 6.01 Å². The minimum absolute atomic E-state index is 0.625. The van der Waals surface area contributed by atoms with Gasteiger partial charge in [-0.1, -0.05) is 21.9 Å². The molecule has 20 heavy (non-hydrogen) atoms. The summed E-state index contributed by atoms with van der Waals surface area (Å²) in [6.07, 6.45) is 0.915. The normalized spacial score (nSPS) is 11.1. The highest BCUT2D eigenvalue weighted by Gasteiger charge is 2.18. The summed E-state index contributed by atoms with van der Waals surface area (Å²) < 4.78 is 7.89. The molecule has 102 valence electrons. The summed E-state index contributed by atoms with van der Waals surface area (Å²) in [4.78, 5) is 4.72. The van der Waals surface area contributed by atoms with E-state index in [2.05, 4.69) is 36.0 Å². The molecular formula is C12H19B4ClN2O. The second-order valence-electron chi connectivity index (χ2n) is 5.22. The van der Waals surface area contributed by atoms with Gasteiger partial charge in [0.15, 0.2) is 0 Å². The van der Waals surface area contributed by atoms with E-state index in [9.17, 15) is 0 Å². The van der Waals surface area contributed by atoms with Crippen molar-refractivity contribution < 1.29 is 4.74 Å². The van der Waals surface area contributed by atoms with Gasteiger partial charge in [0.2, 0.25) is 0 Å². The monoisotopic (exact) mass is 286 g/mol. The van der Waals surface area contributed by atoms with E-state index in [1.165, 1.54) is 27.4 Å². The zero-order valence-corrected chi connectivity index (χ0v) is 13.8. The molecule has 1 aromatic carbocycles. The average Bonchev–Trinajstić information content (AvgIpc) is 2.79. The van der Waals surface area contributed by atoms with Crippen molar-refractivity contribution in [3.05, 3.63) is 0 Å². The molecule has 0 unspecified atom stereocenters. The van der Waals surface area contributed by atoms with Crippen LogP contribution in [0.5, 0.6) is 6.01 Å². The first kappa shape index (κ1) is 15.4. The van der Waals surface area contributed by atoms with Gasteiger partial charge in [0, 0.05) is 12.4 Å². The molecule has 0 fully saturated rings. The minimum atomic E-state index is 0.625. The van der Waals surface area contributed by atoms with Gasteiger partial charge in [-0.25, -0.2) is 0 Å². The lowest BCUT2D eigenvalue weighted by molar-refractivity contribution is 0.298. The standard InChI is InChI=1S/C12H19B4ClN2O/c1-2-20-12-18-10-8(15)6(13)7(14)9(16)11(10)19(12)5-3-4-17/h2-5,13-16H2,1H3. The summed E-state index contributed by atoms with van der Waals surface area (Å²) >= 11 is 5.85. The molecule has 0 aliphatic heterocycles. The molecule has 1 heterocycles. The third-order valence-electron chi connectivity index (χ3n) is 4.12. The first-order valence-corrected chi connectivity index (χ1v) is 7.71. The molecule has 1 aromatic heterocycles. The first-order valence-electron chi connectivity index (χ1n) is 7.18. The van der Waals surface area contributed by atoms with Crippen molar-refractivity contribution in [2.75, 3.05) is 12.5 Å². The quantitative estimate of drug-likeness (QED) is 0.415. The van der Waals surface area contributed by atoms with Crippen LogP contribution in [0.4, 0.5) is 0 Å². The third-order valence-corrected chi connectivity index (χ3v) is 4.39. The van der Waals surface area contributed by atoms with Gasteiger partial charge in [-0.15, -0.1) is 11.6 Å². The van der Waals surface area contributed by atoms with E-state index >= 15 is 0 Å². The highest BCUT2D eigenvalue weighted by molar-refractivity contribution is 6.66. The van der Waals surface area contributed by atoms with Crippen molar-refractivity contribution >= 4 is 75.9 Å². The Bertz CT molecular complexity index is 644. The molecule has 0 N–H and O–H groups in total. The van der Waals surface area contributed by atoms with E-state index in [1.54, 1.807) is 0 Å². The van der Waals surface area contributed by atoms with Crippen LogP contribution in [0.15, 0.2) is 0 Å². The van der Waals surface area contributed by atoms with E-state index in [0.717, 1.165) is 18.5 Å². The zero-order valence-electron chi connectivity index (χ0n) is 13.0. The number of benzene rings is 1. The van der Waals surface area contributed by atoms with Crippen LogP contribution in [-0.2, 0) is 6.54 Å². The van der Waals surface area contributed by atoms with Crippen LogP contribution < -0.4 is 26.6 Å². The molecule has 2 rings (SSSR count). The first-order chi connectivity index (χ1) is 9.52. The molecule has 2 aromatic rings. The van der Waals surface area contributed by atoms with E-state index in [4.69, 9.17) is 21.3 Å². The summed E-state index contributed by atoms with van der Waals surface area (Å²) in [6, 6.07) is 0.712. The number of imidazole rings is 1. The summed E-state index contributed by atoms with van der Waals surface area (Å²) in [7, 11) is 8.64. The SMILES string of the molecule is Bc1c(B)c(B)c2c(nc(OCC)n2CCCCl)c1B. The maximum Gasteiger partial charge on any atom is 0.297 e. The Morgan fingerprint density at radius 3 is 2.35 bits per heavy atom. The molecule has 0 aliphatic carbocycles. The molecule has 0 aliphatic rings. The molecule has 0 saturated heterocycles. The fourth-order valence-electron chi connectivity index (χ4n) is 2.66. The highest BCUT2D eigenvalue weighted by atomic mass is 35.5. The molecule has 8 heteroatoms. The van der Waals surface area contributed by atoms with E-state index < -0.39 is 0 Å². The molecule has 0 atom stereocenters. The Balaban J connectivity index is 2.74. The topological polar surface area (TPSA) is 27.1 Å². The molecule has 0 saturated carbocycles. The smallest absolute Gasteiger partial charge is 0.297 e. The average molecular weight is 286 g/mol. The number of nitrogens with zero attached hydrogens (tertiary/aromatic N) is 2. The van der Waals surface area contributed by atoms with Crippen LogP contribution in [0.25, 0.3) is 11.0 Å². The van der Waals surface area contributed by atoms with Crippen molar-refractivity contribution in [2.24, 2.45) is 0 Å². The molecule has 0 bridgehead atoms. The number of halogens is 1. The Hall–Kier alpha value is -0.960. The number of rotatable bonds is 5. The Morgan fingerprint density at radius 1 is 1.10 bits per heavy atom. The van der Waals surface area contributed by atoms with Gasteiger partial charge in [0.05, 0.1) is 17.6 Å². The van der Waals surface area contributed by atoms with Crippen LogP contribution in [0.3, 0.4) is 0 Å². The van der Waals surface area contributed by atoms with E-state index in [0.29, 0.717) is 18.5 Å². The minimum Gasteiger partial charge on any atom is -0.465 e. The molecular weight excluding hydrogens is 267 g/mol. The Morgan fingerprint density at radius 2 is 1.75 bits per heavy atom. The van der Waals surface area contributed by atoms with Crippen LogP contribution in [0.2, 0.25) is 0 Å². The van der Waals surface area contributed by atoms with Gasteiger partial charge < -0.3 is 4.74 Å². The largest absolute Gasteiger partial charge is 0.465 e. The van der Waals surface area contributed by atoms with Gasteiger partial charge >= 0.3 is 0 Å². The number of ether oxygens (including phenoxy) is 1. The fourth-order valence-corrected chi connectivity index (χ4v) is 2.78. The number of aryl methyl sites for hydroxylation is 1. The van der Waals surface area contributed by atoms with Crippen molar-refractivity contribution in [1.82, 2.24) is 9.55 Å². The fraction of sp³-hybridized carbons (Fsp3) is 0.417. The predicted octanol–water partition coefficient (Wildman–Crippen LogP) is -3.90. The highest BCUT2D eigenvalue weighted by Crippen LogP contribution is 2.18. The lowest BCUT2D eigenvalue weighted by atomic mass is 9.66. The second kappa shape index (κ2) is 6.21. The molecule has 0 radical (unpaired) electrons. The number of aromatic nitrogens is 2. The van der Waals surface area contributed by atoms with Gasteiger partial charge in [-0.05, 0) is 13.3 Å². The Kier molecular flexibility index (Phi) is 4.79. The van der Waals surface area contributed by atoms with Gasteiger partial charge in [0.25, 0.3) is 6.01 Å². The van der Waals surface area contributed by atoms with Crippen LogP contribution in [0, 0.1) is 0 Å². The Labute approximate surface area is 129 Å². The summed E-state index contributed by atoms with van der Waals surface area (Å²) in [6.45, 7) is 3.46. The van der Waals surface area contributed by atoms with E-state index in [1.807, 2.05) is 6.92 Å². The zero-order chi connectivity index (χ0) is 14.9. The number of alkyl halides is 1. The molecule has 0 amide bonds. The number of fused-ring (bicyclic) bond motifs is 1. The number of hydrogen-bond acceptors (Lipinski definition) is 2. The van der Waals surface area contributed by atoms with Gasteiger partial charge in [0.1, 0.15) is 31.4 Å². The lowest BCUT2D eigenvalue weighted by Crippen LogP contribution is -2.48. The van der Waals surface area contributed by atoms with Crippen molar-refractivity contribution in [2.45, 2.75) is 19.9 Å². The summed E-state index contributed by atoms with van der Waals surface area (Å²) in [5.74, 6) is 0.647. The van der Waals surface area contributed by atoms with Gasteiger partial charge in [-0.2, -0.15) is 4.98 Å². The number of hydrogen-bond donors (Lipinski definition) is 0. The lowest BCUT2D eigenvalue weighted by Gasteiger charge is -2.14. The van der Waals surface area contributed by atoms with Crippen molar-refractivity contribution in [3.63, 3.8) is 0 Å².